The number of amides is 1. The van der Waals surface area contributed by atoms with Crippen LogP contribution < -0.4 is 10.2 Å². The summed E-state index contributed by atoms with van der Waals surface area (Å²) in [5.41, 5.74) is 0. The number of nitrogens with zero attached hydrogens (tertiary/aromatic N) is 2. The van der Waals surface area contributed by atoms with Crippen LogP contribution in [0.25, 0.3) is 0 Å². The SMILES string of the molecule is CCN(C)CCNC(=O)On1c(O)ccc1O. The van der Waals surface area contributed by atoms with E-state index in [4.69, 9.17) is 0 Å². The largest absolute Gasteiger partial charge is 0.492 e. The lowest BCUT2D eigenvalue weighted by atomic mass is 10.5. The van der Waals surface area contributed by atoms with Crippen molar-refractivity contribution in [3.8, 4) is 11.8 Å². The topological polar surface area (TPSA) is 87.0 Å². The fourth-order valence-electron chi connectivity index (χ4n) is 1.12. The molecule has 0 aliphatic rings. The van der Waals surface area contributed by atoms with E-state index in [-0.39, 0.29) is 11.8 Å². The first-order chi connectivity index (χ1) is 8.04. The normalized spacial score (nSPS) is 10.5. The molecule has 0 saturated carbocycles. The summed E-state index contributed by atoms with van der Waals surface area (Å²) < 4.78 is 0.638. The van der Waals surface area contributed by atoms with Crippen LogP contribution in [0.4, 0.5) is 4.79 Å². The molecule has 0 atom stereocenters. The molecule has 17 heavy (non-hydrogen) atoms. The Morgan fingerprint density at radius 2 is 2.06 bits per heavy atom. The molecule has 1 aromatic rings. The van der Waals surface area contributed by atoms with Crippen molar-refractivity contribution in [3.05, 3.63) is 12.1 Å². The highest BCUT2D eigenvalue weighted by Gasteiger charge is 2.11. The molecule has 0 aliphatic heterocycles. The van der Waals surface area contributed by atoms with Crippen LogP contribution in [-0.4, -0.2) is 52.6 Å². The van der Waals surface area contributed by atoms with Crippen LogP contribution in [0.1, 0.15) is 6.92 Å². The van der Waals surface area contributed by atoms with Gasteiger partial charge in [-0.2, -0.15) is 0 Å². The van der Waals surface area contributed by atoms with Gasteiger partial charge in [-0.15, -0.1) is 4.73 Å². The quantitative estimate of drug-likeness (QED) is 0.677. The van der Waals surface area contributed by atoms with E-state index in [0.717, 1.165) is 6.54 Å². The second-order valence-corrected chi connectivity index (χ2v) is 3.55. The summed E-state index contributed by atoms with van der Waals surface area (Å²) in [7, 11) is 1.93. The van der Waals surface area contributed by atoms with Crippen LogP contribution in [-0.2, 0) is 0 Å². The van der Waals surface area contributed by atoms with E-state index in [9.17, 15) is 15.0 Å². The van der Waals surface area contributed by atoms with Crippen LogP contribution in [0.15, 0.2) is 12.1 Å². The Balaban J connectivity index is 2.35. The summed E-state index contributed by atoms with van der Waals surface area (Å²) >= 11 is 0. The number of nitrogens with one attached hydrogen (secondary N) is 1. The Bertz CT molecular complexity index is 358. The van der Waals surface area contributed by atoms with Gasteiger partial charge >= 0.3 is 6.09 Å². The zero-order valence-electron chi connectivity index (χ0n) is 9.88. The molecule has 1 aromatic heterocycles. The third kappa shape index (κ3) is 3.87. The molecular formula is C10H17N3O4. The molecule has 1 heterocycles. The molecule has 1 amide bonds. The maximum absolute atomic E-state index is 11.3. The molecule has 0 spiro atoms. The average Bonchev–Trinajstić information content (AvgIpc) is 2.60. The van der Waals surface area contributed by atoms with Gasteiger partial charge in [-0.25, -0.2) is 4.79 Å². The Morgan fingerprint density at radius 1 is 1.47 bits per heavy atom. The van der Waals surface area contributed by atoms with Crippen molar-refractivity contribution in [1.82, 2.24) is 14.9 Å². The fraction of sp³-hybridized carbons (Fsp3) is 0.500. The highest BCUT2D eigenvalue weighted by Crippen LogP contribution is 2.18. The number of aromatic hydroxyl groups is 2. The van der Waals surface area contributed by atoms with E-state index in [1.807, 2.05) is 18.9 Å². The summed E-state index contributed by atoms with van der Waals surface area (Å²) in [5.74, 6) is -0.688. The minimum Gasteiger partial charge on any atom is -0.492 e. The molecule has 0 unspecified atom stereocenters. The van der Waals surface area contributed by atoms with Crippen LogP contribution >= 0.6 is 0 Å². The van der Waals surface area contributed by atoms with E-state index >= 15 is 0 Å². The third-order valence-electron chi connectivity index (χ3n) is 2.27. The molecular weight excluding hydrogens is 226 g/mol. The maximum atomic E-state index is 11.3. The molecule has 96 valence electrons. The molecule has 0 saturated heterocycles. The standard InChI is InChI=1S/C10H17N3O4/c1-3-12(2)7-6-11-10(16)17-13-8(14)4-5-9(13)15/h4-5,14-15H,3,6-7H2,1-2H3,(H,11,16). The van der Waals surface area contributed by atoms with Gasteiger partial charge in [-0.05, 0) is 13.6 Å². The highest BCUT2D eigenvalue weighted by molar-refractivity contribution is 5.67. The molecule has 1 rings (SSSR count). The minimum atomic E-state index is -0.740. The minimum absolute atomic E-state index is 0.344. The smallest absolute Gasteiger partial charge is 0.432 e. The Labute approximate surface area is 99.2 Å². The summed E-state index contributed by atoms with van der Waals surface area (Å²) in [6, 6.07) is 2.43. The van der Waals surface area contributed by atoms with E-state index in [0.29, 0.717) is 17.8 Å². The van der Waals surface area contributed by atoms with Gasteiger partial charge in [-0.1, -0.05) is 6.92 Å². The Hall–Kier alpha value is -1.89. The predicted molar refractivity (Wildman–Crippen MR) is 60.9 cm³/mol. The summed E-state index contributed by atoms with van der Waals surface area (Å²) in [5, 5.41) is 20.9. The second kappa shape index (κ2) is 6.00. The summed E-state index contributed by atoms with van der Waals surface area (Å²) in [6.45, 7) is 4.01. The predicted octanol–water partition coefficient (Wildman–Crippen LogP) is -0.0108. The van der Waals surface area contributed by atoms with Crippen LogP contribution in [0, 0.1) is 0 Å². The Morgan fingerprint density at radius 3 is 2.59 bits per heavy atom. The lowest BCUT2D eigenvalue weighted by Crippen LogP contribution is -2.37. The molecule has 3 N–H and O–H groups in total. The fourth-order valence-corrected chi connectivity index (χ4v) is 1.12. The first kappa shape index (κ1) is 13.2. The number of carbonyl (C=O) groups excluding carboxylic acids is 1. The van der Waals surface area contributed by atoms with E-state index in [2.05, 4.69) is 10.2 Å². The summed E-state index contributed by atoms with van der Waals surface area (Å²) in [4.78, 5) is 18.0. The molecule has 0 radical (unpaired) electrons. The molecule has 7 heteroatoms. The number of likely N-dealkylation sites (N-methyl/N-ethyl adjacent to an activating group) is 1. The Kier molecular flexibility index (Phi) is 4.65. The van der Waals surface area contributed by atoms with Crippen molar-refractivity contribution in [1.29, 1.82) is 0 Å². The van der Waals surface area contributed by atoms with E-state index < -0.39 is 6.09 Å². The second-order valence-electron chi connectivity index (χ2n) is 3.55. The van der Waals surface area contributed by atoms with Crippen LogP contribution in [0.2, 0.25) is 0 Å². The lowest BCUT2D eigenvalue weighted by molar-refractivity contribution is 0.108. The van der Waals surface area contributed by atoms with Crippen LogP contribution in [0.3, 0.4) is 0 Å². The van der Waals surface area contributed by atoms with E-state index in [1.54, 1.807) is 0 Å². The molecule has 0 fully saturated rings. The van der Waals surface area contributed by atoms with E-state index in [1.165, 1.54) is 12.1 Å². The number of rotatable bonds is 5. The van der Waals surface area contributed by atoms with Crippen molar-refractivity contribution in [2.24, 2.45) is 0 Å². The van der Waals surface area contributed by atoms with Gasteiger partial charge in [0.05, 0.1) is 0 Å². The number of aromatic nitrogens is 1. The van der Waals surface area contributed by atoms with Gasteiger partial charge < -0.3 is 25.3 Å². The molecule has 0 aliphatic carbocycles. The van der Waals surface area contributed by atoms with Crippen molar-refractivity contribution < 1.29 is 19.8 Å². The first-order valence-electron chi connectivity index (χ1n) is 5.29. The van der Waals surface area contributed by atoms with Gasteiger partial charge in [0.1, 0.15) is 0 Å². The van der Waals surface area contributed by atoms with Gasteiger partial charge in [0, 0.05) is 25.2 Å². The zero-order valence-corrected chi connectivity index (χ0v) is 9.88. The lowest BCUT2D eigenvalue weighted by Gasteiger charge is -2.14. The molecule has 0 bridgehead atoms. The van der Waals surface area contributed by atoms with Crippen molar-refractivity contribution in [2.75, 3.05) is 26.7 Å². The van der Waals surface area contributed by atoms with Crippen molar-refractivity contribution in [2.45, 2.75) is 6.92 Å². The van der Waals surface area contributed by atoms with Gasteiger partial charge in [0.2, 0.25) is 11.8 Å². The monoisotopic (exact) mass is 243 g/mol. The average molecular weight is 243 g/mol. The maximum Gasteiger partial charge on any atom is 0.432 e. The van der Waals surface area contributed by atoms with Gasteiger partial charge in [-0.3, -0.25) is 0 Å². The van der Waals surface area contributed by atoms with Crippen LogP contribution in [0.5, 0.6) is 11.8 Å². The third-order valence-corrected chi connectivity index (χ3v) is 2.27. The molecule has 7 nitrogen and oxygen atoms in total. The number of hydrogen-bond donors (Lipinski definition) is 3. The van der Waals surface area contributed by atoms with Crippen molar-refractivity contribution >= 4 is 6.09 Å². The zero-order chi connectivity index (χ0) is 12.8. The molecule has 0 aromatic carbocycles. The van der Waals surface area contributed by atoms with Gasteiger partial charge in [0.25, 0.3) is 0 Å². The van der Waals surface area contributed by atoms with Crippen molar-refractivity contribution in [3.63, 3.8) is 0 Å². The first-order valence-corrected chi connectivity index (χ1v) is 5.29. The number of carbonyl (C=O) groups is 1. The van der Waals surface area contributed by atoms with Gasteiger partial charge in [0.15, 0.2) is 0 Å². The number of hydrogen-bond acceptors (Lipinski definition) is 5. The summed E-state index contributed by atoms with van der Waals surface area (Å²) in [6.07, 6.45) is -0.740. The highest BCUT2D eigenvalue weighted by atomic mass is 16.7.